The van der Waals surface area contributed by atoms with Gasteiger partial charge in [0.2, 0.25) is 0 Å². The Kier molecular flexibility index (Phi) is 14.1. The SMILES string of the molecule is CCC(OC)C(C)C1=C(CC(C)(O)/C=C/C=C(\C)C2OC(=O)CC(O)CCC(C)(O)C(OC(=O)N3CCCN(C)CC3)/C=C/C2C)O1. The molecule has 0 radical (unpaired) electrons. The van der Waals surface area contributed by atoms with Gasteiger partial charge in [-0.15, -0.1) is 0 Å². The van der Waals surface area contributed by atoms with Crippen LogP contribution in [-0.2, 0) is 23.7 Å². The number of rotatable bonds is 10. The molecular formula is C36H58N2O9. The molecule has 0 aliphatic carbocycles. The summed E-state index contributed by atoms with van der Waals surface area (Å²) in [6.45, 7) is 13.8. The lowest BCUT2D eigenvalue weighted by Gasteiger charge is -2.34. The first-order valence-corrected chi connectivity index (χ1v) is 17.0. The van der Waals surface area contributed by atoms with Crippen molar-refractivity contribution in [2.24, 2.45) is 11.8 Å². The molecule has 3 heterocycles. The van der Waals surface area contributed by atoms with Gasteiger partial charge < -0.3 is 44.1 Å². The third-order valence-electron chi connectivity index (χ3n) is 9.45. The van der Waals surface area contributed by atoms with E-state index >= 15 is 0 Å². The van der Waals surface area contributed by atoms with E-state index in [2.05, 4.69) is 18.7 Å². The van der Waals surface area contributed by atoms with E-state index in [1.54, 1.807) is 56.2 Å². The summed E-state index contributed by atoms with van der Waals surface area (Å²) in [7, 11) is 3.70. The molecule has 266 valence electrons. The first-order valence-electron chi connectivity index (χ1n) is 17.0. The van der Waals surface area contributed by atoms with Gasteiger partial charge in [0.05, 0.1) is 24.2 Å². The van der Waals surface area contributed by atoms with Gasteiger partial charge in [-0.2, -0.15) is 0 Å². The summed E-state index contributed by atoms with van der Waals surface area (Å²) < 4.78 is 23.0. The summed E-state index contributed by atoms with van der Waals surface area (Å²) in [6.07, 6.45) is 7.48. The van der Waals surface area contributed by atoms with Crippen molar-refractivity contribution in [1.82, 2.24) is 9.80 Å². The maximum atomic E-state index is 13.2. The van der Waals surface area contributed by atoms with Crippen LogP contribution in [0.1, 0.15) is 80.1 Å². The van der Waals surface area contributed by atoms with Crippen LogP contribution in [0.3, 0.4) is 0 Å². The zero-order valence-corrected chi connectivity index (χ0v) is 29.6. The second kappa shape index (κ2) is 17.1. The number of likely N-dealkylation sites (N-methyl/N-ethyl adjacent to an activating group) is 1. The predicted octanol–water partition coefficient (Wildman–Crippen LogP) is 4.48. The third-order valence-corrected chi connectivity index (χ3v) is 9.45. The Morgan fingerprint density at radius 2 is 1.98 bits per heavy atom. The van der Waals surface area contributed by atoms with Gasteiger partial charge in [0, 0.05) is 45.0 Å². The summed E-state index contributed by atoms with van der Waals surface area (Å²) in [5, 5.41) is 33.1. The van der Waals surface area contributed by atoms with E-state index in [1.165, 1.54) is 0 Å². The molecule has 3 aliphatic rings. The number of carbonyl (C=O) groups excluding carboxylic acids is 2. The molecule has 3 aliphatic heterocycles. The van der Waals surface area contributed by atoms with Crippen molar-refractivity contribution in [3.05, 3.63) is 47.5 Å². The average Bonchev–Trinajstić information content (AvgIpc) is 3.79. The summed E-state index contributed by atoms with van der Waals surface area (Å²) >= 11 is 0. The Labute approximate surface area is 280 Å². The number of cyclic esters (lactones) is 1. The average molecular weight is 663 g/mol. The van der Waals surface area contributed by atoms with Gasteiger partial charge in [-0.3, -0.25) is 4.79 Å². The predicted molar refractivity (Wildman–Crippen MR) is 179 cm³/mol. The molecule has 8 atom stereocenters. The second-order valence-electron chi connectivity index (χ2n) is 14.0. The molecule has 1 fully saturated rings. The highest BCUT2D eigenvalue weighted by Gasteiger charge is 2.38. The highest BCUT2D eigenvalue weighted by Crippen LogP contribution is 2.41. The minimum atomic E-state index is -1.48. The fourth-order valence-electron chi connectivity index (χ4n) is 6.22. The highest BCUT2D eigenvalue weighted by molar-refractivity contribution is 5.70. The van der Waals surface area contributed by atoms with E-state index in [9.17, 15) is 24.9 Å². The van der Waals surface area contributed by atoms with Gasteiger partial charge >= 0.3 is 12.1 Å². The van der Waals surface area contributed by atoms with Crippen LogP contribution in [0, 0.1) is 11.8 Å². The largest absolute Gasteiger partial charge is 0.458 e. The van der Waals surface area contributed by atoms with Crippen LogP contribution >= 0.6 is 0 Å². The maximum Gasteiger partial charge on any atom is 0.410 e. The smallest absolute Gasteiger partial charge is 0.410 e. The van der Waals surface area contributed by atoms with Crippen LogP contribution in [0.4, 0.5) is 4.79 Å². The number of hydrogen-bond donors (Lipinski definition) is 3. The van der Waals surface area contributed by atoms with E-state index in [0.29, 0.717) is 25.1 Å². The molecule has 0 spiro atoms. The number of carbonyl (C=O) groups is 2. The minimum absolute atomic E-state index is 0.0504. The van der Waals surface area contributed by atoms with Crippen LogP contribution in [0.25, 0.3) is 0 Å². The molecular weight excluding hydrogens is 604 g/mol. The standard InChI is InChI=1S/C36H58N2O9/c1-9-28(44-8)26(4)33-29(45-33)23-35(5,42)16-10-12-24(2)32-25(3)13-14-30(36(6,43)17-15-27(39)22-31(40)47-32)46-34(41)38-19-11-18-37(7)20-21-38/h10,12-14,16,25-28,30,32,39,42-43H,9,11,15,17-23H2,1-8H3/b14-13+,16-10+,24-12+. The van der Waals surface area contributed by atoms with Crippen molar-refractivity contribution < 1.29 is 43.9 Å². The Morgan fingerprint density at radius 1 is 1.26 bits per heavy atom. The maximum absolute atomic E-state index is 13.2. The molecule has 0 aromatic carbocycles. The first kappa shape index (κ1) is 38.7. The summed E-state index contributed by atoms with van der Waals surface area (Å²) in [4.78, 5) is 29.9. The molecule has 11 heteroatoms. The summed E-state index contributed by atoms with van der Waals surface area (Å²) in [5.74, 6) is 0.814. The Balaban J connectivity index is 1.77. The lowest BCUT2D eigenvalue weighted by molar-refractivity contribution is -0.151. The zero-order valence-electron chi connectivity index (χ0n) is 29.6. The van der Waals surface area contributed by atoms with Gasteiger partial charge in [-0.1, -0.05) is 45.1 Å². The van der Waals surface area contributed by atoms with Gasteiger partial charge in [-0.05, 0) is 71.7 Å². The molecule has 1 amide bonds. The number of esters is 1. The molecule has 1 saturated heterocycles. The van der Waals surface area contributed by atoms with E-state index in [-0.39, 0.29) is 37.2 Å². The molecule has 0 bridgehead atoms. The van der Waals surface area contributed by atoms with Crippen molar-refractivity contribution in [2.75, 3.05) is 40.3 Å². The fourth-order valence-corrected chi connectivity index (χ4v) is 6.22. The number of aliphatic hydroxyl groups excluding tert-OH is 1. The quantitative estimate of drug-likeness (QED) is 0.174. The van der Waals surface area contributed by atoms with Gasteiger partial charge in [0.15, 0.2) is 6.10 Å². The van der Waals surface area contributed by atoms with E-state index in [0.717, 1.165) is 37.4 Å². The number of ether oxygens (including phenoxy) is 4. The molecule has 47 heavy (non-hydrogen) atoms. The number of methoxy groups -OCH3 is 1. The van der Waals surface area contributed by atoms with Crippen molar-refractivity contribution in [1.29, 1.82) is 0 Å². The number of aliphatic hydroxyl groups is 3. The third kappa shape index (κ3) is 11.7. The number of nitrogens with zero attached hydrogens (tertiary/aromatic N) is 2. The lowest BCUT2D eigenvalue weighted by Crippen LogP contribution is -2.45. The highest BCUT2D eigenvalue weighted by atomic mass is 16.6. The van der Waals surface area contributed by atoms with Crippen molar-refractivity contribution in [2.45, 2.75) is 116 Å². The Hall–Kier alpha value is -2.70. The fraction of sp³-hybridized carbons (Fsp3) is 0.722. The summed E-state index contributed by atoms with van der Waals surface area (Å²) in [6, 6.07) is 0. The number of allylic oxidation sites excluding steroid dienone is 2. The molecule has 11 nitrogen and oxygen atoms in total. The zero-order chi connectivity index (χ0) is 34.9. The first-order chi connectivity index (χ1) is 22.1. The van der Waals surface area contributed by atoms with Crippen LogP contribution in [-0.4, -0.2) is 113 Å². The van der Waals surface area contributed by atoms with Crippen LogP contribution < -0.4 is 0 Å². The van der Waals surface area contributed by atoms with Crippen molar-refractivity contribution in [3.8, 4) is 0 Å². The van der Waals surface area contributed by atoms with E-state index in [1.807, 2.05) is 20.9 Å². The molecule has 3 N–H and O–H groups in total. The molecule has 3 rings (SSSR count). The number of hydrogen-bond acceptors (Lipinski definition) is 10. The molecule has 0 aromatic rings. The van der Waals surface area contributed by atoms with Crippen LogP contribution in [0.2, 0.25) is 0 Å². The van der Waals surface area contributed by atoms with Crippen LogP contribution in [0.5, 0.6) is 0 Å². The molecule has 8 unspecified atom stereocenters. The molecule has 0 aromatic heterocycles. The Morgan fingerprint density at radius 3 is 2.66 bits per heavy atom. The van der Waals surface area contributed by atoms with Gasteiger partial charge in [-0.25, -0.2) is 4.79 Å². The van der Waals surface area contributed by atoms with Crippen molar-refractivity contribution in [3.63, 3.8) is 0 Å². The minimum Gasteiger partial charge on any atom is -0.458 e. The topological polar surface area (TPSA) is 142 Å². The summed E-state index contributed by atoms with van der Waals surface area (Å²) in [5.41, 5.74) is -1.94. The Bertz CT molecular complexity index is 1190. The van der Waals surface area contributed by atoms with Gasteiger partial charge in [0.1, 0.15) is 23.2 Å². The van der Waals surface area contributed by atoms with Crippen molar-refractivity contribution >= 4 is 12.1 Å². The van der Waals surface area contributed by atoms with Crippen LogP contribution in [0.15, 0.2) is 47.5 Å². The number of amides is 1. The second-order valence-corrected chi connectivity index (χ2v) is 14.0. The monoisotopic (exact) mass is 662 g/mol. The normalized spacial score (nSPS) is 31.9. The lowest BCUT2D eigenvalue weighted by atomic mass is 9.88. The molecule has 0 saturated carbocycles. The van der Waals surface area contributed by atoms with E-state index in [4.69, 9.17) is 18.9 Å². The van der Waals surface area contributed by atoms with E-state index < -0.39 is 41.6 Å². The van der Waals surface area contributed by atoms with Gasteiger partial charge in [0.25, 0.3) is 0 Å².